The number of hydrogen-bond donors (Lipinski definition) is 1. The maximum Gasteiger partial charge on any atom is 0.265 e. The van der Waals surface area contributed by atoms with Gasteiger partial charge in [0.05, 0.1) is 22.4 Å². The number of nitrogens with one attached hydrogen (secondary N) is 1. The van der Waals surface area contributed by atoms with E-state index in [9.17, 15) is 9.59 Å². The number of nitrogens with zero attached hydrogens (tertiary/aromatic N) is 1. The van der Waals surface area contributed by atoms with Crippen LogP contribution in [0, 0.1) is 0 Å². The maximum absolute atomic E-state index is 13.3. The molecular formula is C23H26N2O5S. The maximum atomic E-state index is 13.3. The summed E-state index contributed by atoms with van der Waals surface area (Å²) in [5, 5.41) is 4.38. The summed E-state index contributed by atoms with van der Waals surface area (Å²) in [5.41, 5.74) is 0.670. The van der Waals surface area contributed by atoms with E-state index in [0.29, 0.717) is 29.2 Å². The normalized spacial score (nSPS) is 21.2. The minimum atomic E-state index is -0.231. The van der Waals surface area contributed by atoms with Crippen molar-refractivity contribution in [3.8, 4) is 5.75 Å². The first-order valence-electron chi connectivity index (χ1n) is 10.8. The number of thiophene rings is 1. The highest BCUT2D eigenvalue weighted by molar-refractivity contribution is 7.22. The summed E-state index contributed by atoms with van der Waals surface area (Å²) in [6.07, 6.45) is 3.91. The van der Waals surface area contributed by atoms with Crippen LogP contribution in [0.15, 0.2) is 29.1 Å². The number of para-hydroxylation sites is 1. The highest BCUT2D eigenvalue weighted by atomic mass is 32.1. The Kier molecular flexibility index (Phi) is 5.69. The second kappa shape index (κ2) is 8.61. The zero-order chi connectivity index (χ0) is 21.4. The summed E-state index contributed by atoms with van der Waals surface area (Å²) in [6, 6.07) is 7.74. The summed E-state index contributed by atoms with van der Waals surface area (Å²) < 4.78 is 19.8. The molecule has 2 unspecified atom stereocenters. The van der Waals surface area contributed by atoms with Crippen molar-refractivity contribution in [1.82, 2.24) is 9.88 Å². The van der Waals surface area contributed by atoms with Gasteiger partial charge in [-0.25, -0.2) is 0 Å². The van der Waals surface area contributed by atoms with Crippen molar-refractivity contribution in [2.75, 3.05) is 26.4 Å². The molecule has 2 aliphatic heterocycles. The van der Waals surface area contributed by atoms with Gasteiger partial charge in [-0.05, 0) is 31.7 Å². The van der Waals surface area contributed by atoms with Crippen LogP contribution in [0.2, 0.25) is 0 Å². The first-order valence-corrected chi connectivity index (χ1v) is 11.6. The number of hydrogen-bond acceptors (Lipinski definition) is 6. The summed E-state index contributed by atoms with van der Waals surface area (Å²) in [5.74, 6) is 0.136. The SMILES string of the molecule is Cn1c(=O)c2c(OCC3CCCO3)c(C(=O)NCC3CCCO3)sc2c2ccccc21. The van der Waals surface area contributed by atoms with Crippen molar-refractivity contribution in [1.29, 1.82) is 0 Å². The standard InChI is InChI=1S/C23H26N2O5S/c1-25-17-9-3-2-8-16(17)20-18(23(25)27)19(30-13-15-7-5-11-29-15)21(31-20)22(26)24-12-14-6-4-10-28-14/h2-3,8-9,14-15H,4-7,10-13H2,1H3,(H,24,26). The quantitative estimate of drug-likeness (QED) is 0.634. The predicted octanol–water partition coefficient (Wildman–Crippen LogP) is 3.22. The molecule has 2 saturated heterocycles. The summed E-state index contributed by atoms with van der Waals surface area (Å²) in [4.78, 5) is 26.8. The van der Waals surface area contributed by atoms with E-state index >= 15 is 0 Å². The third kappa shape index (κ3) is 3.84. The summed E-state index contributed by atoms with van der Waals surface area (Å²) >= 11 is 1.32. The van der Waals surface area contributed by atoms with Gasteiger partial charge in [0.15, 0.2) is 5.75 Å². The van der Waals surface area contributed by atoms with Gasteiger partial charge in [0.1, 0.15) is 16.9 Å². The molecule has 0 radical (unpaired) electrons. The molecule has 1 aromatic carbocycles. The van der Waals surface area contributed by atoms with Gasteiger partial charge in [-0.2, -0.15) is 0 Å². The predicted molar refractivity (Wildman–Crippen MR) is 120 cm³/mol. The lowest BCUT2D eigenvalue weighted by Crippen LogP contribution is -2.31. The van der Waals surface area contributed by atoms with Crippen molar-refractivity contribution >= 4 is 38.2 Å². The molecule has 5 rings (SSSR count). The number of carbonyl (C=O) groups is 1. The molecular weight excluding hydrogens is 416 g/mol. The molecule has 2 fully saturated rings. The molecule has 164 valence electrons. The van der Waals surface area contributed by atoms with Crippen LogP contribution in [0.1, 0.15) is 35.4 Å². The van der Waals surface area contributed by atoms with Crippen LogP contribution in [0.5, 0.6) is 5.75 Å². The highest BCUT2D eigenvalue weighted by Crippen LogP contribution is 2.40. The Labute approximate surface area is 183 Å². The van der Waals surface area contributed by atoms with E-state index in [4.69, 9.17) is 14.2 Å². The molecule has 2 aliphatic rings. The van der Waals surface area contributed by atoms with E-state index in [1.807, 2.05) is 24.3 Å². The van der Waals surface area contributed by atoms with Gasteiger partial charge in [-0.15, -0.1) is 11.3 Å². The van der Waals surface area contributed by atoms with E-state index in [1.54, 1.807) is 11.6 Å². The molecule has 3 aromatic rings. The number of pyridine rings is 1. The largest absolute Gasteiger partial charge is 0.488 e. The smallest absolute Gasteiger partial charge is 0.265 e. The lowest BCUT2D eigenvalue weighted by Gasteiger charge is -2.14. The molecule has 0 aliphatic carbocycles. The highest BCUT2D eigenvalue weighted by Gasteiger charge is 2.27. The van der Waals surface area contributed by atoms with E-state index in [1.165, 1.54) is 11.3 Å². The number of ether oxygens (including phenoxy) is 3. The van der Waals surface area contributed by atoms with E-state index in [2.05, 4.69) is 5.32 Å². The summed E-state index contributed by atoms with van der Waals surface area (Å²) in [6.45, 7) is 2.24. The fourth-order valence-electron chi connectivity index (χ4n) is 4.37. The van der Waals surface area contributed by atoms with Crippen molar-refractivity contribution in [2.24, 2.45) is 7.05 Å². The zero-order valence-electron chi connectivity index (χ0n) is 17.5. The fourth-order valence-corrected chi connectivity index (χ4v) is 5.55. The molecule has 1 N–H and O–H groups in total. The van der Waals surface area contributed by atoms with Gasteiger partial charge >= 0.3 is 0 Å². The number of rotatable bonds is 6. The molecule has 4 heterocycles. The zero-order valence-corrected chi connectivity index (χ0v) is 18.3. The Hall–Kier alpha value is -2.42. The molecule has 31 heavy (non-hydrogen) atoms. The second-order valence-corrected chi connectivity index (χ2v) is 9.16. The van der Waals surface area contributed by atoms with E-state index in [-0.39, 0.29) is 23.7 Å². The third-order valence-corrected chi connectivity index (χ3v) is 7.25. The second-order valence-electron chi connectivity index (χ2n) is 8.14. The lowest BCUT2D eigenvalue weighted by molar-refractivity contribution is 0.0675. The Morgan fingerprint density at radius 1 is 1.19 bits per heavy atom. The molecule has 7 nitrogen and oxygen atoms in total. The van der Waals surface area contributed by atoms with Gasteiger partial charge in [0, 0.05) is 32.2 Å². The molecule has 0 saturated carbocycles. The van der Waals surface area contributed by atoms with Gasteiger partial charge < -0.3 is 24.1 Å². The Bertz CT molecular complexity index is 1170. The minimum Gasteiger partial charge on any atom is -0.488 e. The van der Waals surface area contributed by atoms with E-state index in [0.717, 1.165) is 54.5 Å². The molecule has 2 aromatic heterocycles. The van der Waals surface area contributed by atoms with Gasteiger partial charge in [0.25, 0.3) is 11.5 Å². The number of aryl methyl sites for hydroxylation is 1. The van der Waals surface area contributed by atoms with Crippen molar-refractivity contribution in [3.63, 3.8) is 0 Å². The third-order valence-electron chi connectivity index (χ3n) is 6.05. The van der Waals surface area contributed by atoms with Crippen LogP contribution in [0.4, 0.5) is 0 Å². The van der Waals surface area contributed by atoms with Gasteiger partial charge in [-0.1, -0.05) is 18.2 Å². The molecule has 1 amide bonds. The van der Waals surface area contributed by atoms with Crippen molar-refractivity contribution < 1.29 is 19.0 Å². The summed E-state index contributed by atoms with van der Waals surface area (Å²) in [7, 11) is 1.75. The minimum absolute atomic E-state index is 0.0120. The van der Waals surface area contributed by atoms with Crippen LogP contribution < -0.4 is 15.6 Å². The topological polar surface area (TPSA) is 78.8 Å². The Morgan fingerprint density at radius 3 is 2.68 bits per heavy atom. The molecule has 8 heteroatoms. The van der Waals surface area contributed by atoms with Crippen molar-refractivity contribution in [3.05, 3.63) is 39.5 Å². The number of benzene rings is 1. The van der Waals surface area contributed by atoms with Crippen LogP contribution in [-0.2, 0) is 16.5 Å². The Balaban J connectivity index is 1.57. The van der Waals surface area contributed by atoms with Crippen LogP contribution in [0.25, 0.3) is 21.0 Å². The number of aromatic nitrogens is 1. The van der Waals surface area contributed by atoms with Gasteiger partial charge in [-0.3, -0.25) is 9.59 Å². The van der Waals surface area contributed by atoms with Crippen LogP contribution >= 0.6 is 11.3 Å². The number of amides is 1. The monoisotopic (exact) mass is 442 g/mol. The molecule has 0 spiro atoms. The first kappa shape index (κ1) is 20.5. The lowest BCUT2D eigenvalue weighted by atomic mass is 10.1. The first-order chi connectivity index (χ1) is 15.1. The van der Waals surface area contributed by atoms with Crippen LogP contribution in [0.3, 0.4) is 0 Å². The van der Waals surface area contributed by atoms with E-state index < -0.39 is 0 Å². The van der Waals surface area contributed by atoms with Gasteiger partial charge in [0.2, 0.25) is 0 Å². The molecule has 2 atom stereocenters. The van der Waals surface area contributed by atoms with Crippen LogP contribution in [-0.4, -0.2) is 49.0 Å². The Morgan fingerprint density at radius 2 is 1.94 bits per heavy atom. The average Bonchev–Trinajstić information content (AvgIpc) is 3.55. The number of carbonyl (C=O) groups excluding carboxylic acids is 1. The fraction of sp³-hybridized carbons (Fsp3) is 0.478. The molecule has 0 bridgehead atoms. The average molecular weight is 443 g/mol. The number of fused-ring (bicyclic) bond motifs is 3. The van der Waals surface area contributed by atoms with Crippen molar-refractivity contribution in [2.45, 2.75) is 37.9 Å².